The van der Waals surface area contributed by atoms with Crippen molar-refractivity contribution in [3.05, 3.63) is 53.7 Å². The first-order chi connectivity index (χ1) is 14.3. The minimum absolute atomic E-state index is 0.0254. The number of nitrogens with two attached hydrogens (primary N) is 1. The molecule has 0 spiro atoms. The summed E-state index contributed by atoms with van der Waals surface area (Å²) in [6.45, 7) is 0.326. The van der Waals surface area contributed by atoms with Crippen LogP contribution in [0.15, 0.2) is 42.6 Å². The maximum absolute atomic E-state index is 14.0. The Bertz CT molecular complexity index is 1130. The number of hydrogen-bond acceptors (Lipinski definition) is 5. The number of aromatic nitrogens is 1. The highest BCUT2D eigenvalue weighted by Gasteiger charge is 2.38. The van der Waals surface area contributed by atoms with Gasteiger partial charge >= 0.3 is 12.1 Å². The van der Waals surface area contributed by atoms with Gasteiger partial charge in [0.15, 0.2) is 11.5 Å². The first-order valence-electron chi connectivity index (χ1n) is 9.12. The van der Waals surface area contributed by atoms with Gasteiger partial charge < -0.3 is 20.3 Å². The van der Waals surface area contributed by atoms with Crippen LogP contribution in [0.2, 0.25) is 0 Å². The summed E-state index contributed by atoms with van der Waals surface area (Å²) in [5, 5.41) is 9.46. The van der Waals surface area contributed by atoms with Crippen LogP contribution in [0, 0.1) is 0 Å². The Morgan fingerprint density at radius 2 is 1.83 bits per heavy atom. The van der Waals surface area contributed by atoms with E-state index in [4.69, 9.17) is 20.3 Å². The van der Waals surface area contributed by atoms with Gasteiger partial charge in [-0.3, -0.25) is 9.78 Å². The minimum atomic E-state index is -4.66. The smallest absolute Gasteiger partial charge is 0.419 e. The molecule has 0 unspecified atom stereocenters. The molecule has 0 amide bonds. The number of aliphatic carboxylic acids is 1. The lowest BCUT2D eigenvalue weighted by atomic mass is 9.95. The van der Waals surface area contributed by atoms with Crippen LogP contribution >= 0.6 is 0 Å². The van der Waals surface area contributed by atoms with Crippen LogP contribution in [0.1, 0.15) is 11.1 Å². The fourth-order valence-electron chi connectivity index (χ4n) is 3.52. The zero-order valence-corrected chi connectivity index (χ0v) is 15.6. The lowest BCUT2D eigenvalue weighted by Gasteiger charge is -2.25. The Hall–Kier alpha value is -3.33. The van der Waals surface area contributed by atoms with Gasteiger partial charge in [-0.05, 0) is 11.5 Å². The maximum atomic E-state index is 14.0. The van der Waals surface area contributed by atoms with Gasteiger partial charge in [-0.25, -0.2) is 0 Å². The van der Waals surface area contributed by atoms with Gasteiger partial charge in [-0.15, -0.1) is 0 Å². The molecular weight excluding hydrogens is 401 g/mol. The highest BCUT2D eigenvalue weighted by Crippen LogP contribution is 2.47. The lowest BCUT2D eigenvalue weighted by molar-refractivity contribution is -0.138. The number of nitrogens with zero attached hydrogens (tertiary/aromatic N) is 1. The molecule has 0 fully saturated rings. The van der Waals surface area contributed by atoms with Crippen molar-refractivity contribution in [2.24, 2.45) is 5.73 Å². The summed E-state index contributed by atoms with van der Waals surface area (Å²) < 4.78 is 53.4. The fourth-order valence-corrected chi connectivity index (χ4v) is 3.52. The van der Waals surface area contributed by atoms with Crippen molar-refractivity contribution in [3.8, 4) is 22.8 Å². The average Bonchev–Trinajstić information content (AvgIpc) is 2.72. The zero-order valence-electron chi connectivity index (χ0n) is 15.6. The van der Waals surface area contributed by atoms with Crippen LogP contribution in [0.4, 0.5) is 13.2 Å². The van der Waals surface area contributed by atoms with Gasteiger partial charge in [0.2, 0.25) is 0 Å². The molecule has 6 nitrogen and oxygen atoms in total. The number of carboxylic acid groups (broad SMARTS) is 1. The summed E-state index contributed by atoms with van der Waals surface area (Å²) in [6.07, 6.45) is -3.33. The molecular formula is C21H17F3N2O4. The molecule has 1 aromatic heterocycles. The predicted molar refractivity (Wildman–Crippen MR) is 102 cm³/mol. The Morgan fingerprint density at radius 3 is 2.53 bits per heavy atom. The largest absolute Gasteiger partial charge is 0.486 e. The van der Waals surface area contributed by atoms with Gasteiger partial charge in [0.1, 0.15) is 19.3 Å². The van der Waals surface area contributed by atoms with Crippen LogP contribution in [0.3, 0.4) is 0 Å². The van der Waals surface area contributed by atoms with Crippen molar-refractivity contribution in [2.45, 2.75) is 18.6 Å². The van der Waals surface area contributed by atoms with E-state index < -0.39 is 23.8 Å². The lowest BCUT2D eigenvalue weighted by Crippen LogP contribution is -2.32. The van der Waals surface area contributed by atoms with E-state index in [0.29, 0.717) is 10.9 Å². The van der Waals surface area contributed by atoms with E-state index in [2.05, 4.69) is 4.98 Å². The molecule has 156 valence electrons. The van der Waals surface area contributed by atoms with E-state index in [0.717, 1.165) is 0 Å². The summed E-state index contributed by atoms with van der Waals surface area (Å²) >= 11 is 0. The molecule has 1 aliphatic heterocycles. The minimum Gasteiger partial charge on any atom is -0.486 e. The summed E-state index contributed by atoms with van der Waals surface area (Å²) in [5.74, 6) is -0.900. The summed E-state index contributed by atoms with van der Waals surface area (Å²) in [6, 6.07) is 7.89. The van der Waals surface area contributed by atoms with E-state index in [9.17, 15) is 18.0 Å². The molecule has 1 aliphatic rings. The molecule has 0 saturated carbocycles. The predicted octanol–water partition coefficient (Wildman–Crippen LogP) is 3.65. The van der Waals surface area contributed by atoms with Crippen molar-refractivity contribution in [1.29, 1.82) is 0 Å². The number of hydrogen-bond donors (Lipinski definition) is 2. The molecule has 4 rings (SSSR count). The van der Waals surface area contributed by atoms with E-state index in [-0.39, 0.29) is 47.8 Å². The number of pyridine rings is 1. The van der Waals surface area contributed by atoms with Crippen molar-refractivity contribution in [1.82, 2.24) is 4.98 Å². The molecule has 3 N–H and O–H groups in total. The Labute approximate surface area is 169 Å². The highest BCUT2D eigenvalue weighted by molar-refractivity contribution is 5.91. The maximum Gasteiger partial charge on any atom is 0.419 e. The van der Waals surface area contributed by atoms with Crippen molar-refractivity contribution in [2.75, 3.05) is 13.2 Å². The molecule has 2 aromatic carbocycles. The fraction of sp³-hybridized carbons (Fsp3) is 0.238. The number of rotatable bonds is 4. The quantitative estimate of drug-likeness (QED) is 0.672. The standard InChI is InChI=1S/C21H17F3N2O4/c22-21(23,24)16-13-4-2-1-3-12(13)10-26-17(16)14-6-5-11(9-15(25)20(27)28)18-19(14)30-8-7-29-18/h1-6,10,15H,7-9,25H2,(H,27,28)/t15-/m0/s1. The second kappa shape index (κ2) is 7.49. The average molecular weight is 418 g/mol. The Balaban J connectivity index is 1.93. The van der Waals surface area contributed by atoms with Crippen LogP contribution in [0.25, 0.3) is 22.0 Å². The van der Waals surface area contributed by atoms with Crippen LogP contribution in [-0.4, -0.2) is 35.3 Å². The molecule has 0 saturated heterocycles. The normalized spacial score (nSPS) is 14.5. The van der Waals surface area contributed by atoms with Gasteiger partial charge in [0.05, 0.1) is 11.3 Å². The number of halogens is 3. The summed E-state index contributed by atoms with van der Waals surface area (Å²) in [5.41, 5.74) is 5.03. The van der Waals surface area contributed by atoms with Crippen LogP contribution < -0.4 is 15.2 Å². The molecule has 9 heteroatoms. The number of ether oxygens (including phenoxy) is 2. The first kappa shape index (κ1) is 20.0. The number of carboxylic acids is 1. The van der Waals surface area contributed by atoms with Gasteiger partial charge in [-0.2, -0.15) is 13.2 Å². The number of alkyl halides is 3. The third kappa shape index (κ3) is 3.52. The Kier molecular flexibility index (Phi) is 4.98. The highest BCUT2D eigenvalue weighted by atomic mass is 19.4. The van der Waals surface area contributed by atoms with Gasteiger partial charge in [-0.1, -0.05) is 30.3 Å². The van der Waals surface area contributed by atoms with E-state index in [1.54, 1.807) is 12.1 Å². The third-order valence-electron chi connectivity index (χ3n) is 4.87. The molecule has 0 bridgehead atoms. The number of benzene rings is 2. The molecule has 2 heterocycles. The molecule has 0 radical (unpaired) electrons. The number of carbonyl (C=O) groups is 1. The second-order valence-electron chi connectivity index (χ2n) is 6.84. The van der Waals surface area contributed by atoms with Gasteiger partial charge in [0, 0.05) is 29.1 Å². The SMILES string of the molecule is N[C@@H](Cc1ccc(-c2ncc3ccccc3c2C(F)(F)F)c2c1OCCO2)C(=O)O. The van der Waals surface area contributed by atoms with Crippen LogP contribution in [-0.2, 0) is 17.4 Å². The first-order valence-corrected chi connectivity index (χ1v) is 9.12. The topological polar surface area (TPSA) is 94.7 Å². The van der Waals surface area contributed by atoms with Crippen molar-refractivity contribution in [3.63, 3.8) is 0 Å². The number of fused-ring (bicyclic) bond motifs is 2. The van der Waals surface area contributed by atoms with Crippen molar-refractivity contribution >= 4 is 16.7 Å². The monoisotopic (exact) mass is 418 g/mol. The Morgan fingerprint density at radius 1 is 1.13 bits per heavy atom. The van der Waals surface area contributed by atoms with Gasteiger partial charge in [0.25, 0.3) is 0 Å². The van der Waals surface area contributed by atoms with E-state index in [1.807, 2.05) is 0 Å². The zero-order chi connectivity index (χ0) is 21.5. The van der Waals surface area contributed by atoms with Crippen LogP contribution in [0.5, 0.6) is 11.5 Å². The summed E-state index contributed by atoms with van der Waals surface area (Å²) in [4.78, 5) is 15.2. The van der Waals surface area contributed by atoms with Crippen molar-refractivity contribution < 1.29 is 32.5 Å². The summed E-state index contributed by atoms with van der Waals surface area (Å²) in [7, 11) is 0. The molecule has 3 aromatic rings. The second-order valence-corrected chi connectivity index (χ2v) is 6.84. The molecule has 1 atom stereocenters. The molecule has 0 aliphatic carbocycles. The van der Waals surface area contributed by atoms with E-state index in [1.165, 1.54) is 30.5 Å². The van der Waals surface area contributed by atoms with E-state index >= 15 is 0 Å². The third-order valence-corrected chi connectivity index (χ3v) is 4.87. The molecule has 30 heavy (non-hydrogen) atoms.